The lowest BCUT2D eigenvalue weighted by atomic mass is 10.2. The van der Waals surface area contributed by atoms with Gasteiger partial charge in [0.2, 0.25) is 0 Å². The van der Waals surface area contributed by atoms with Gasteiger partial charge in [-0.05, 0) is 30.3 Å². The quantitative estimate of drug-likeness (QED) is 0.735. The molecule has 0 fully saturated rings. The maximum atomic E-state index is 12.5. The number of nitrogens with one attached hydrogen (secondary N) is 1. The van der Waals surface area contributed by atoms with Crippen molar-refractivity contribution in [1.82, 2.24) is 4.98 Å². The van der Waals surface area contributed by atoms with E-state index in [0.29, 0.717) is 5.52 Å². The molecule has 0 radical (unpaired) electrons. The molecule has 1 aromatic heterocycles. The minimum absolute atomic E-state index is 0.0661. The number of benzene rings is 2. The molecule has 0 aliphatic heterocycles. The summed E-state index contributed by atoms with van der Waals surface area (Å²) in [6, 6.07) is 10.7. The van der Waals surface area contributed by atoms with E-state index in [4.69, 9.17) is 16.7 Å². The van der Waals surface area contributed by atoms with Gasteiger partial charge in [-0.2, -0.15) is 0 Å². The molecule has 6 nitrogen and oxygen atoms in total. The van der Waals surface area contributed by atoms with Crippen LogP contribution < -0.4 is 4.72 Å². The number of aromatic nitrogens is 1. The summed E-state index contributed by atoms with van der Waals surface area (Å²) in [5, 5.41) is 9.10. The first-order valence-electron chi connectivity index (χ1n) is 6.28. The van der Waals surface area contributed by atoms with E-state index in [0.717, 1.165) is 10.8 Å². The molecule has 0 saturated heterocycles. The van der Waals surface area contributed by atoms with Gasteiger partial charge in [0.25, 0.3) is 10.0 Å². The number of carboxylic acid groups (broad SMARTS) is 1. The van der Waals surface area contributed by atoms with Crippen molar-refractivity contribution >= 4 is 54.3 Å². The first kappa shape index (κ1) is 15.7. The summed E-state index contributed by atoms with van der Waals surface area (Å²) in [4.78, 5) is 14.9. The minimum Gasteiger partial charge on any atom is -0.478 e. The van der Waals surface area contributed by atoms with E-state index in [-0.39, 0.29) is 20.6 Å². The molecule has 9 heteroatoms. The van der Waals surface area contributed by atoms with Crippen LogP contribution in [0.3, 0.4) is 0 Å². The van der Waals surface area contributed by atoms with Gasteiger partial charge in [-0.1, -0.05) is 35.1 Å². The summed E-state index contributed by atoms with van der Waals surface area (Å²) in [6.07, 6.45) is 0. The third kappa shape index (κ3) is 3.14. The van der Waals surface area contributed by atoms with Crippen LogP contribution in [0.2, 0.25) is 5.02 Å². The first-order chi connectivity index (χ1) is 10.9. The summed E-state index contributed by atoms with van der Waals surface area (Å²) in [5.74, 6) is -1.24. The molecule has 1 heterocycles. The summed E-state index contributed by atoms with van der Waals surface area (Å²) in [6.45, 7) is 0. The maximum Gasteiger partial charge on any atom is 0.335 e. The van der Waals surface area contributed by atoms with Gasteiger partial charge in [0, 0.05) is 0 Å². The Labute approximate surface area is 140 Å². The second kappa shape index (κ2) is 5.80. The molecule has 0 spiro atoms. The van der Waals surface area contributed by atoms with Crippen molar-refractivity contribution in [3.63, 3.8) is 0 Å². The van der Waals surface area contributed by atoms with E-state index in [1.54, 1.807) is 12.1 Å². The number of hydrogen-bond donors (Lipinski definition) is 2. The van der Waals surface area contributed by atoms with E-state index in [9.17, 15) is 13.2 Å². The number of fused-ring (bicyclic) bond motifs is 1. The number of carboxylic acids is 1. The fraction of sp³-hybridized carbons (Fsp3) is 0. The molecular formula is C14H9ClN2O4S2. The van der Waals surface area contributed by atoms with Crippen LogP contribution >= 0.6 is 22.9 Å². The van der Waals surface area contributed by atoms with Crippen LogP contribution in [-0.2, 0) is 10.0 Å². The van der Waals surface area contributed by atoms with Gasteiger partial charge in [-0.3, -0.25) is 4.72 Å². The van der Waals surface area contributed by atoms with E-state index in [1.807, 2.05) is 12.1 Å². The molecule has 23 heavy (non-hydrogen) atoms. The Morgan fingerprint density at radius 2 is 1.96 bits per heavy atom. The van der Waals surface area contributed by atoms with Crippen molar-refractivity contribution in [1.29, 1.82) is 0 Å². The number of halogens is 1. The van der Waals surface area contributed by atoms with E-state index >= 15 is 0 Å². The third-order valence-corrected chi connectivity index (χ3v) is 5.88. The molecule has 0 atom stereocenters. The van der Waals surface area contributed by atoms with Crippen LogP contribution in [0.5, 0.6) is 0 Å². The van der Waals surface area contributed by atoms with Crippen molar-refractivity contribution in [2.45, 2.75) is 4.90 Å². The standard InChI is InChI=1S/C14H9ClN2O4S2/c15-9-6-5-8(13(18)19)7-12(9)23(20,21)17-14-16-10-3-1-2-4-11(10)22-14/h1-7H,(H,16,17)(H,18,19). The smallest absolute Gasteiger partial charge is 0.335 e. The van der Waals surface area contributed by atoms with Crippen LogP contribution in [0.25, 0.3) is 10.2 Å². The highest BCUT2D eigenvalue weighted by atomic mass is 35.5. The SMILES string of the molecule is O=C(O)c1ccc(Cl)c(S(=O)(=O)Nc2nc3ccccc3s2)c1. The first-order valence-corrected chi connectivity index (χ1v) is 8.96. The van der Waals surface area contributed by atoms with Crippen LogP contribution in [0, 0.1) is 0 Å². The third-order valence-electron chi connectivity index (χ3n) is 2.98. The molecule has 0 amide bonds. The number of rotatable bonds is 4. The lowest BCUT2D eigenvalue weighted by Gasteiger charge is -2.07. The topological polar surface area (TPSA) is 96.4 Å². The Kier molecular flexibility index (Phi) is 3.97. The number of sulfonamides is 1. The van der Waals surface area contributed by atoms with E-state index in [1.165, 1.54) is 23.5 Å². The lowest BCUT2D eigenvalue weighted by Crippen LogP contribution is -2.14. The van der Waals surface area contributed by atoms with Gasteiger partial charge in [0.05, 0.1) is 20.8 Å². The summed E-state index contributed by atoms with van der Waals surface area (Å²) >= 11 is 7.08. The highest BCUT2D eigenvalue weighted by molar-refractivity contribution is 7.93. The second-order valence-corrected chi connectivity index (χ2v) is 7.63. The van der Waals surface area contributed by atoms with E-state index < -0.39 is 16.0 Å². The normalized spacial score (nSPS) is 11.5. The van der Waals surface area contributed by atoms with Crippen molar-refractivity contribution in [3.05, 3.63) is 53.1 Å². The van der Waals surface area contributed by atoms with Crippen molar-refractivity contribution in [2.75, 3.05) is 4.72 Å². The Balaban J connectivity index is 2.01. The number of hydrogen-bond acceptors (Lipinski definition) is 5. The van der Waals surface area contributed by atoms with Gasteiger partial charge in [0.1, 0.15) is 4.90 Å². The van der Waals surface area contributed by atoms with Crippen molar-refractivity contribution < 1.29 is 18.3 Å². The van der Waals surface area contributed by atoms with Crippen LogP contribution in [-0.4, -0.2) is 24.5 Å². The number of para-hydroxylation sites is 1. The number of aromatic carboxylic acids is 1. The fourth-order valence-corrected chi connectivity index (χ4v) is 4.56. The highest BCUT2D eigenvalue weighted by Gasteiger charge is 2.21. The van der Waals surface area contributed by atoms with Crippen LogP contribution in [0.15, 0.2) is 47.4 Å². The molecule has 2 aromatic carbocycles. The molecular weight excluding hydrogens is 360 g/mol. The zero-order chi connectivity index (χ0) is 16.6. The molecule has 3 aromatic rings. The molecule has 0 bridgehead atoms. The average Bonchev–Trinajstić information content (AvgIpc) is 2.88. The predicted molar refractivity (Wildman–Crippen MR) is 88.8 cm³/mol. The maximum absolute atomic E-state index is 12.5. The summed E-state index contributed by atoms with van der Waals surface area (Å²) in [7, 11) is -4.05. The average molecular weight is 369 g/mol. The Hall–Kier alpha value is -2.16. The van der Waals surface area contributed by atoms with Gasteiger partial charge in [-0.15, -0.1) is 0 Å². The van der Waals surface area contributed by atoms with Gasteiger partial charge < -0.3 is 5.11 Å². The number of carbonyl (C=O) groups is 1. The van der Waals surface area contributed by atoms with Crippen molar-refractivity contribution in [3.8, 4) is 0 Å². The van der Waals surface area contributed by atoms with Gasteiger partial charge in [-0.25, -0.2) is 18.2 Å². The zero-order valence-electron chi connectivity index (χ0n) is 11.4. The Bertz CT molecular complexity index is 982. The molecule has 3 rings (SSSR count). The van der Waals surface area contributed by atoms with Crippen molar-refractivity contribution in [2.24, 2.45) is 0 Å². The van der Waals surface area contributed by atoms with Gasteiger partial charge >= 0.3 is 5.97 Å². The molecule has 0 saturated carbocycles. The minimum atomic E-state index is -4.05. The zero-order valence-corrected chi connectivity index (χ0v) is 13.7. The largest absolute Gasteiger partial charge is 0.478 e. The monoisotopic (exact) mass is 368 g/mol. The Morgan fingerprint density at radius 3 is 2.65 bits per heavy atom. The summed E-state index contributed by atoms with van der Waals surface area (Å²) < 4.78 is 28.1. The number of anilines is 1. The lowest BCUT2D eigenvalue weighted by molar-refractivity contribution is 0.0696. The molecule has 0 aliphatic rings. The highest BCUT2D eigenvalue weighted by Crippen LogP contribution is 2.29. The van der Waals surface area contributed by atoms with Crippen LogP contribution in [0.4, 0.5) is 5.13 Å². The van der Waals surface area contributed by atoms with E-state index in [2.05, 4.69) is 9.71 Å². The Morgan fingerprint density at radius 1 is 1.22 bits per heavy atom. The second-order valence-electron chi connectivity index (χ2n) is 4.54. The molecule has 0 aliphatic carbocycles. The fourth-order valence-electron chi connectivity index (χ4n) is 1.93. The molecule has 118 valence electrons. The number of thiazole rings is 1. The number of nitrogens with zero attached hydrogens (tertiary/aromatic N) is 1. The molecule has 2 N–H and O–H groups in total. The van der Waals surface area contributed by atoms with Crippen LogP contribution in [0.1, 0.15) is 10.4 Å². The van der Waals surface area contributed by atoms with Gasteiger partial charge in [0.15, 0.2) is 5.13 Å². The predicted octanol–water partition coefficient (Wildman–Crippen LogP) is 3.45. The summed E-state index contributed by atoms with van der Waals surface area (Å²) in [5.41, 5.74) is 0.500. The molecule has 0 unspecified atom stereocenters.